The molecule has 0 aromatic carbocycles. The quantitative estimate of drug-likeness (QED) is 0.557. The maximum Gasteiger partial charge on any atom is 0.136 e. The average molecular weight is 178 g/mol. The maximum atomic E-state index is 11.7. The van der Waals surface area contributed by atoms with Gasteiger partial charge in [0.25, 0.3) is 0 Å². The fourth-order valence-corrected chi connectivity index (χ4v) is 4.58. The van der Waals surface area contributed by atoms with Crippen molar-refractivity contribution in [3.8, 4) is 0 Å². The van der Waals surface area contributed by atoms with Crippen LogP contribution < -0.4 is 0 Å². The van der Waals surface area contributed by atoms with Crippen LogP contribution in [0.3, 0.4) is 0 Å². The molecule has 0 aromatic heterocycles. The molecule has 1 spiro atoms. The second-order valence-electron chi connectivity index (χ2n) is 5.45. The Morgan fingerprint density at radius 1 is 1.23 bits per heavy atom. The molecular weight excluding hydrogens is 160 g/mol. The molecule has 3 rings (SSSR count). The Bertz CT molecular complexity index is 258. The lowest BCUT2D eigenvalue weighted by Crippen LogP contribution is -2.26. The summed E-state index contributed by atoms with van der Waals surface area (Å²) in [7, 11) is 0. The molecule has 0 aliphatic heterocycles. The molecule has 4 unspecified atom stereocenters. The molecule has 0 N–H and O–H groups in total. The molecular formula is C12H18O. The van der Waals surface area contributed by atoms with Crippen molar-refractivity contribution in [3.63, 3.8) is 0 Å². The van der Waals surface area contributed by atoms with Gasteiger partial charge in [0.2, 0.25) is 0 Å². The van der Waals surface area contributed by atoms with Crippen molar-refractivity contribution in [2.75, 3.05) is 0 Å². The normalized spacial score (nSPS) is 53.9. The van der Waals surface area contributed by atoms with Crippen LogP contribution in [0.1, 0.15) is 45.4 Å². The van der Waals surface area contributed by atoms with Gasteiger partial charge in [-0.25, -0.2) is 0 Å². The average Bonchev–Trinajstić information content (AvgIpc) is 2.68. The molecule has 13 heavy (non-hydrogen) atoms. The van der Waals surface area contributed by atoms with E-state index in [1.807, 2.05) is 0 Å². The molecule has 72 valence electrons. The Morgan fingerprint density at radius 2 is 2.08 bits per heavy atom. The fourth-order valence-electron chi connectivity index (χ4n) is 4.58. The monoisotopic (exact) mass is 178 g/mol. The number of hydrogen-bond donors (Lipinski definition) is 0. The standard InChI is InChI=1S/C12H18O/c1-8-4-6-12-7-5-11(13)10(12)3-2-9(8)12/h8-10H,2-7H2,1H3. The summed E-state index contributed by atoms with van der Waals surface area (Å²) in [5.74, 6) is 2.89. The summed E-state index contributed by atoms with van der Waals surface area (Å²) in [6.45, 7) is 2.39. The van der Waals surface area contributed by atoms with Crippen LogP contribution in [-0.2, 0) is 4.79 Å². The molecule has 0 amide bonds. The molecule has 3 saturated carbocycles. The molecule has 1 nitrogen and oxygen atoms in total. The number of carbonyl (C=O) groups excluding carboxylic acids is 1. The lowest BCUT2D eigenvalue weighted by molar-refractivity contribution is -0.121. The van der Waals surface area contributed by atoms with Crippen molar-refractivity contribution in [2.45, 2.75) is 45.4 Å². The molecule has 0 bridgehead atoms. The van der Waals surface area contributed by atoms with E-state index in [1.54, 1.807) is 0 Å². The molecule has 4 atom stereocenters. The maximum absolute atomic E-state index is 11.7. The zero-order valence-corrected chi connectivity index (χ0v) is 8.38. The first-order valence-corrected chi connectivity index (χ1v) is 5.77. The van der Waals surface area contributed by atoms with Crippen LogP contribution in [0.25, 0.3) is 0 Å². The molecule has 0 aromatic rings. The van der Waals surface area contributed by atoms with Crippen LogP contribution in [-0.4, -0.2) is 5.78 Å². The van der Waals surface area contributed by atoms with Gasteiger partial charge < -0.3 is 0 Å². The van der Waals surface area contributed by atoms with Gasteiger partial charge in [-0.2, -0.15) is 0 Å². The van der Waals surface area contributed by atoms with E-state index in [1.165, 1.54) is 32.1 Å². The Balaban J connectivity index is 2.00. The Labute approximate surface area is 79.9 Å². The smallest absolute Gasteiger partial charge is 0.136 e. The van der Waals surface area contributed by atoms with Crippen molar-refractivity contribution >= 4 is 5.78 Å². The molecule has 1 heteroatoms. The van der Waals surface area contributed by atoms with E-state index in [9.17, 15) is 4.79 Å². The van der Waals surface area contributed by atoms with Crippen molar-refractivity contribution in [1.82, 2.24) is 0 Å². The Morgan fingerprint density at radius 3 is 2.92 bits per heavy atom. The number of rotatable bonds is 0. The van der Waals surface area contributed by atoms with Crippen LogP contribution in [0.15, 0.2) is 0 Å². The van der Waals surface area contributed by atoms with Crippen molar-refractivity contribution in [3.05, 3.63) is 0 Å². The predicted octanol–water partition coefficient (Wildman–Crippen LogP) is 2.79. The fraction of sp³-hybridized carbons (Fsp3) is 0.917. The van der Waals surface area contributed by atoms with Crippen LogP contribution >= 0.6 is 0 Å². The summed E-state index contributed by atoms with van der Waals surface area (Å²) >= 11 is 0. The second-order valence-corrected chi connectivity index (χ2v) is 5.45. The molecule has 3 aliphatic carbocycles. The van der Waals surface area contributed by atoms with Crippen molar-refractivity contribution in [1.29, 1.82) is 0 Å². The van der Waals surface area contributed by atoms with Gasteiger partial charge in [-0.05, 0) is 49.4 Å². The van der Waals surface area contributed by atoms with Gasteiger partial charge in [0.15, 0.2) is 0 Å². The van der Waals surface area contributed by atoms with E-state index < -0.39 is 0 Å². The zero-order valence-electron chi connectivity index (χ0n) is 8.38. The van der Waals surface area contributed by atoms with Crippen LogP contribution in [0, 0.1) is 23.2 Å². The van der Waals surface area contributed by atoms with Crippen LogP contribution in [0.4, 0.5) is 0 Å². The Kier molecular flexibility index (Phi) is 1.46. The molecule has 0 saturated heterocycles. The molecule has 0 radical (unpaired) electrons. The minimum Gasteiger partial charge on any atom is -0.299 e. The summed E-state index contributed by atoms with van der Waals surface area (Å²) in [5, 5.41) is 0. The first-order chi connectivity index (χ1) is 6.24. The zero-order chi connectivity index (χ0) is 9.05. The van der Waals surface area contributed by atoms with Gasteiger partial charge in [0, 0.05) is 12.3 Å². The predicted molar refractivity (Wildman–Crippen MR) is 51.3 cm³/mol. The summed E-state index contributed by atoms with van der Waals surface area (Å²) in [4.78, 5) is 11.7. The summed E-state index contributed by atoms with van der Waals surface area (Å²) in [6.07, 6.45) is 7.43. The van der Waals surface area contributed by atoms with Gasteiger partial charge in [-0.1, -0.05) is 6.92 Å². The molecule has 3 aliphatic rings. The molecule has 0 heterocycles. The van der Waals surface area contributed by atoms with Gasteiger partial charge in [0.05, 0.1) is 0 Å². The summed E-state index contributed by atoms with van der Waals surface area (Å²) < 4.78 is 0. The topological polar surface area (TPSA) is 17.1 Å². The van der Waals surface area contributed by atoms with Crippen molar-refractivity contribution in [2.24, 2.45) is 23.2 Å². The van der Waals surface area contributed by atoms with Crippen molar-refractivity contribution < 1.29 is 4.79 Å². The third kappa shape index (κ3) is 0.812. The van der Waals surface area contributed by atoms with Gasteiger partial charge >= 0.3 is 0 Å². The largest absolute Gasteiger partial charge is 0.299 e. The minimum atomic E-state index is 0.488. The van der Waals surface area contributed by atoms with Gasteiger partial charge in [-0.15, -0.1) is 0 Å². The number of hydrogen-bond acceptors (Lipinski definition) is 1. The molecule has 3 fully saturated rings. The van der Waals surface area contributed by atoms with Gasteiger partial charge in [0.1, 0.15) is 5.78 Å². The van der Waals surface area contributed by atoms with E-state index in [4.69, 9.17) is 0 Å². The third-order valence-electron chi connectivity index (χ3n) is 5.18. The van der Waals surface area contributed by atoms with Crippen LogP contribution in [0.5, 0.6) is 0 Å². The number of Topliss-reactive ketones (excluding diaryl/α,β-unsaturated/α-hetero) is 1. The number of ketones is 1. The third-order valence-corrected chi connectivity index (χ3v) is 5.18. The minimum absolute atomic E-state index is 0.488. The summed E-state index contributed by atoms with van der Waals surface area (Å²) in [6, 6.07) is 0. The highest BCUT2D eigenvalue weighted by molar-refractivity contribution is 5.84. The Hall–Kier alpha value is -0.330. The van der Waals surface area contributed by atoms with Crippen LogP contribution in [0.2, 0.25) is 0 Å². The van der Waals surface area contributed by atoms with E-state index in [0.717, 1.165) is 18.3 Å². The lowest BCUT2D eigenvalue weighted by atomic mass is 9.74. The van der Waals surface area contributed by atoms with E-state index in [0.29, 0.717) is 17.1 Å². The van der Waals surface area contributed by atoms with Gasteiger partial charge in [-0.3, -0.25) is 4.79 Å². The van der Waals surface area contributed by atoms with E-state index in [2.05, 4.69) is 6.92 Å². The SMILES string of the molecule is CC1CCC23CCC(=O)C2CCC13. The first kappa shape index (κ1) is 8.02. The lowest BCUT2D eigenvalue weighted by Gasteiger charge is -2.29. The highest BCUT2D eigenvalue weighted by atomic mass is 16.1. The highest BCUT2D eigenvalue weighted by Crippen LogP contribution is 2.65. The van der Waals surface area contributed by atoms with E-state index in [-0.39, 0.29) is 0 Å². The summed E-state index contributed by atoms with van der Waals surface area (Å²) in [5.41, 5.74) is 0.510. The first-order valence-electron chi connectivity index (χ1n) is 5.77. The second kappa shape index (κ2) is 2.37. The number of carbonyl (C=O) groups is 1. The van der Waals surface area contributed by atoms with E-state index >= 15 is 0 Å². The highest BCUT2D eigenvalue weighted by Gasteiger charge is 2.59.